The molecule has 0 aliphatic heterocycles. The topological polar surface area (TPSA) is 95.7 Å². The van der Waals surface area contributed by atoms with Gasteiger partial charge in [-0.05, 0) is 32.4 Å². The Morgan fingerprint density at radius 1 is 1.43 bits per heavy atom. The van der Waals surface area contributed by atoms with Crippen molar-refractivity contribution in [2.75, 3.05) is 26.0 Å². The minimum Gasteiger partial charge on any atom is -0.396 e. The van der Waals surface area contributed by atoms with Crippen molar-refractivity contribution < 1.29 is 14.8 Å². The van der Waals surface area contributed by atoms with Gasteiger partial charge in [0.15, 0.2) is 0 Å². The number of aliphatic hydroxyl groups excluding tert-OH is 1. The summed E-state index contributed by atoms with van der Waals surface area (Å²) in [5, 5.41) is 23.2. The molecule has 21 heavy (non-hydrogen) atoms. The van der Waals surface area contributed by atoms with Crippen LogP contribution in [0.25, 0.3) is 0 Å². The van der Waals surface area contributed by atoms with Crippen LogP contribution in [0.1, 0.15) is 30.6 Å². The van der Waals surface area contributed by atoms with Gasteiger partial charge in [-0.25, -0.2) is 0 Å². The first-order valence-corrected chi connectivity index (χ1v) is 6.57. The molecule has 0 radical (unpaired) electrons. The highest BCUT2D eigenvalue weighted by atomic mass is 16.6. The van der Waals surface area contributed by atoms with E-state index in [0.29, 0.717) is 12.0 Å². The number of carbonyl (C=O) groups is 1. The van der Waals surface area contributed by atoms with Crippen LogP contribution in [0.15, 0.2) is 18.2 Å². The van der Waals surface area contributed by atoms with Gasteiger partial charge in [-0.15, -0.1) is 0 Å². The highest BCUT2D eigenvalue weighted by molar-refractivity contribution is 5.95. The first-order valence-electron chi connectivity index (χ1n) is 6.57. The highest BCUT2D eigenvalue weighted by Gasteiger charge is 2.23. The van der Waals surface area contributed by atoms with Crippen LogP contribution in [0.5, 0.6) is 0 Å². The monoisotopic (exact) mass is 295 g/mol. The van der Waals surface area contributed by atoms with Gasteiger partial charge in [0, 0.05) is 37.9 Å². The van der Waals surface area contributed by atoms with Crippen molar-refractivity contribution in [2.45, 2.75) is 25.8 Å². The molecule has 0 saturated carbocycles. The summed E-state index contributed by atoms with van der Waals surface area (Å²) in [4.78, 5) is 24.0. The molecule has 1 aromatic carbocycles. The number of hydrogen-bond donors (Lipinski definition) is 2. The number of rotatable bonds is 6. The number of nitrogens with zero attached hydrogens (tertiary/aromatic N) is 2. The van der Waals surface area contributed by atoms with E-state index in [0.717, 1.165) is 0 Å². The zero-order chi connectivity index (χ0) is 16.2. The van der Waals surface area contributed by atoms with E-state index >= 15 is 0 Å². The van der Waals surface area contributed by atoms with Gasteiger partial charge in [0.25, 0.3) is 11.6 Å². The van der Waals surface area contributed by atoms with Gasteiger partial charge in [-0.3, -0.25) is 14.9 Å². The molecule has 0 saturated heterocycles. The van der Waals surface area contributed by atoms with Crippen LogP contribution in [0, 0.1) is 10.1 Å². The lowest BCUT2D eigenvalue weighted by Crippen LogP contribution is -2.32. The number of nitrogens with one attached hydrogen (secondary N) is 1. The second kappa shape index (κ2) is 6.53. The van der Waals surface area contributed by atoms with E-state index in [1.54, 1.807) is 14.1 Å². The number of carbonyl (C=O) groups excluding carboxylic acids is 1. The summed E-state index contributed by atoms with van der Waals surface area (Å²) in [6, 6.07) is 4.22. The lowest BCUT2D eigenvalue weighted by Gasteiger charge is -2.26. The number of anilines is 1. The molecule has 0 heterocycles. The highest BCUT2D eigenvalue weighted by Crippen LogP contribution is 2.29. The molecule has 1 aromatic rings. The standard InChI is InChI=1S/C14H21N3O4/c1-14(2,7-8-18)15-11-9-10(13(19)16(3)4)5-6-12(11)17(20)21/h5-6,9,15,18H,7-8H2,1-4H3. The quantitative estimate of drug-likeness (QED) is 0.617. The summed E-state index contributed by atoms with van der Waals surface area (Å²) in [5.41, 5.74) is 0.00890. The van der Waals surface area contributed by atoms with Crippen LogP contribution in [-0.2, 0) is 0 Å². The zero-order valence-electron chi connectivity index (χ0n) is 12.7. The average Bonchev–Trinajstić information content (AvgIpc) is 2.36. The van der Waals surface area contributed by atoms with Crippen molar-refractivity contribution in [3.63, 3.8) is 0 Å². The van der Waals surface area contributed by atoms with Crippen molar-refractivity contribution in [1.29, 1.82) is 0 Å². The predicted molar refractivity (Wildman–Crippen MR) is 80.5 cm³/mol. The summed E-state index contributed by atoms with van der Waals surface area (Å²) in [6.07, 6.45) is 0.427. The molecule has 0 aromatic heterocycles. The van der Waals surface area contributed by atoms with E-state index < -0.39 is 10.5 Å². The normalized spacial score (nSPS) is 11.1. The van der Waals surface area contributed by atoms with Gasteiger partial charge >= 0.3 is 0 Å². The van der Waals surface area contributed by atoms with Crippen LogP contribution in [0.2, 0.25) is 0 Å². The van der Waals surface area contributed by atoms with Gasteiger partial charge in [-0.2, -0.15) is 0 Å². The fraction of sp³-hybridized carbons (Fsp3) is 0.500. The summed E-state index contributed by atoms with van der Waals surface area (Å²) in [7, 11) is 3.24. The lowest BCUT2D eigenvalue weighted by molar-refractivity contribution is -0.384. The molecule has 1 amide bonds. The first-order chi connectivity index (χ1) is 9.68. The van der Waals surface area contributed by atoms with Gasteiger partial charge < -0.3 is 15.3 Å². The van der Waals surface area contributed by atoms with E-state index in [1.165, 1.54) is 23.1 Å². The fourth-order valence-corrected chi connectivity index (χ4v) is 1.89. The average molecular weight is 295 g/mol. The molecule has 0 spiro atoms. The Hall–Kier alpha value is -2.15. The zero-order valence-corrected chi connectivity index (χ0v) is 12.7. The lowest BCUT2D eigenvalue weighted by atomic mass is 10.00. The maximum atomic E-state index is 12.0. The van der Waals surface area contributed by atoms with Crippen molar-refractivity contribution in [3.05, 3.63) is 33.9 Å². The van der Waals surface area contributed by atoms with E-state index in [-0.39, 0.29) is 23.9 Å². The molecule has 7 nitrogen and oxygen atoms in total. The van der Waals surface area contributed by atoms with Crippen LogP contribution in [0.3, 0.4) is 0 Å². The molecular formula is C14H21N3O4. The van der Waals surface area contributed by atoms with Gasteiger partial charge in [0.1, 0.15) is 5.69 Å². The molecule has 0 atom stereocenters. The molecule has 116 valence electrons. The van der Waals surface area contributed by atoms with Crippen LogP contribution >= 0.6 is 0 Å². The largest absolute Gasteiger partial charge is 0.396 e. The van der Waals surface area contributed by atoms with Crippen molar-refractivity contribution in [3.8, 4) is 0 Å². The molecule has 0 bridgehead atoms. The van der Waals surface area contributed by atoms with Crippen LogP contribution in [-0.4, -0.2) is 47.1 Å². The third-order valence-electron chi connectivity index (χ3n) is 3.06. The molecule has 0 aliphatic rings. The molecular weight excluding hydrogens is 274 g/mol. The number of hydrogen-bond acceptors (Lipinski definition) is 5. The number of amides is 1. The Morgan fingerprint density at radius 2 is 2.05 bits per heavy atom. The summed E-state index contributed by atoms with van der Waals surface area (Å²) in [6.45, 7) is 3.62. The minimum absolute atomic E-state index is 0.0376. The summed E-state index contributed by atoms with van der Waals surface area (Å²) < 4.78 is 0. The smallest absolute Gasteiger partial charge is 0.292 e. The molecule has 1 rings (SSSR count). The maximum Gasteiger partial charge on any atom is 0.292 e. The Labute approximate surface area is 123 Å². The SMILES string of the molecule is CN(C)C(=O)c1ccc([N+](=O)[O-])c(NC(C)(C)CCO)c1. The Morgan fingerprint density at radius 3 is 2.52 bits per heavy atom. The van der Waals surface area contributed by atoms with E-state index in [1.807, 2.05) is 13.8 Å². The third-order valence-corrected chi connectivity index (χ3v) is 3.06. The van der Waals surface area contributed by atoms with Crippen molar-refractivity contribution in [2.24, 2.45) is 0 Å². The van der Waals surface area contributed by atoms with E-state index in [2.05, 4.69) is 5.32 Å². The van der Waals surface area contributed by atoms with E-state index in [4.69, 9.17) is 5.11 Å². The Balaban J connectivity index is 3.22. The second-order valence-electron chi connectivity index (χ2n) is 5.67. The van der Waals surface area contributed by atoms with Gasteiger partial charge in [0.05, 0.1) is 4.92 Å². The Bertz CT molecular complexity index is 541. The van der Waals surface area contributed by atoms with Gasteiger partial charge in [0.2, 0.25) is 0 Å². The van der Waals surface area contributed by atoms with Crippen LogP contribution in [0.4, 0.5) is 11.4 Å². The second-order valence-corrected chi connectivity index (χ2v) is 5.67. The molecule has 0 aliphatic carbocycles. The molecule has 0 unspecified atom stereocenters. The fourth-order valence-electron chi connectivity index (χ4n) is 1.89. The Kier molecular flexibility index (Phi) is 5.26. The minimum atomic E-state index is -0.528. The van der Waals surface area contributed by atoms with E-state index in [9.17, 15) is 14.9 Å². The van der Waals surface area contributed by atoms with Crippen LogP contribution < -0.4 is 5.32 Å². The molecule has 0 fully saturated rings. The van der Waals surface area contributed by atoms with Gasteiger partial charge in [-0.1, -0.05) is 0 Å². The summed E-state index contributed by atoms with van der Waals surface area (Å²) in [5.74, 6) is -0.229. The number of nitro groups is 1. The first kappa shape index (κ1) is 16.9. The number of nitro benzene ring substituents is 1. The van der Waals surface area contributed by atoms with Crippen molar-refractivity contribution >= 4 is 17.3 Å². The number of aliphatic hydroxyl groups is 1. The number of benzene rings is 1. The molecule has 2 N–H and O–H groups in total. The third kappa shape index (κ3) is 4.42. The summed E-state index contributed by atoms with van der Waals surface area (Å²) >= 11 is 0. The maximum absolute atomic E-state index is 12.0. The van der Waals surface area contributed by atoms with Crippen molar-refractivity contribution in [1.82, 2.24) is 4.90 Å². The predicted octanol–water partition coefficient (Wildman–Crippen LogP) is 1.87. The molecule has 7 heteroatoms.